The lowest BCUT2D eigenvalue weighted by atomic mass is 9.91. The third-order valence-electron chi connectivity index (χ3n) is 3.70. The van der Waals surface area contributed by atoms with E-state index in [0.717, 1.165) is 32.2 Å². The van der Waals surface area contributed by atoms with Crippen LogP contribution < -0.4 is 0 Å². The molecule has 1 heterocycles. The normalized spacial score (nSPS) is 29.1. The quantitative estimate of drug-likeness (QED) is 0.743. The van der Waals surface area contributed by atoms with E-state index in [9.17, 15) is 9.59 Å². The summed E-state index contributed by atoms with van der Waals surface area (Å²) >= 11 is 0. The number of aliphatic carboxylic acids is 1. The lowest BCUT2D eigenvalue weighted by molar-refractivity contribution is -0.146. The van der Waals surface area contributed by atoms with Gasteiger partial charge in [-0.3, -0.25) is 9.59 Å². The second kappa shape index (κ2) is 5.34. The summed E-state index contributed by atoms with van der Waals surface area (Å²) in [5.74, 6) is -0.911. The number of piperidine rings is 1. The highest BCUT2D eigenvalue weighted by Gasteiger charge is 2.31. The van der Waals surface area contributed by atoms with E-state index in [4.69, 9.17) is 5.11 Å². The molecule has 1 aliphatic carbocycles. The topological polar surface area (TPSA) is 57.6 Å². The Morgan fingerprint density at radius 2 is 2.00 bits per heavy atom. The minimum atomic E-state index is -0.772. The van der Waals surface area contributed by atoms with Crippen LogP contribution >= 0.6 is 0 Å². The van der Waals surface area contributed by atoms with Gasteiger partial charge in [0, 0.05) is 19.0 Å². The van der Waals surface area contributed by atoms with E-state index in [1.807, 2.05) is 0 Å². The van der Waals surface area contributed by atoms with Crippen LogP contribution in [-0.4, -0.2) is 35.0 Å². The number of hydrogen-bond donors (Lipinski definition) is 1. The summed E-state index contributed by atoms with van der Waals surface area (Å²) in [5.41, 5.74) is 0. The predicted molar refractivity (Wildman–Crippen MR) is 63.4 cm³/mol. The van der Waals surface area contributed by atoms with Gasteiger partial charge in [0.05, 0.1) is 5.92 Å². The molecule has 2 atom stereocenters. The maximum absolute atomic E-state index is 12.2. The Morgan fingerprint density at radius 3 is 2.65 bits per heavy atom. The van der Waals surface area contributed by atoms with Crippen LogP contribution in [0.1, 0.15) is 32.1 Å². The van der Waals surface area contributed by atoms with Crippen LogP contribution in [0.15, 0.2) is 12.2 Å². The van der Waals surface area contributed by atoms with E-state index >= 15 is 0 Å². The first-order valence-electron chi connectivity index (χ1n) is 6.35. The van der Waals surface area contributed by atoms with Crippen LogP contribution in [0.4, 0.5) is 0 Å². The highest BCUT2D eigenvalue weighted by atomic mass is 16.4. The Labute approximate surface area is 101 Å². The zero-order chi connectivity index (χ0) is 12.3. The molecule has 94 valence electrons. The second-order valence-corrected chi connectivity index (χ2v) is 4.94. The maximum atomic E-state index is 12.2. The zero-order valence-electron chi connectivity index (χ0n) is 9.97. The number of hydrogen-bond acceptors (Lipinski definition) is 2. The van der Waals surface area contributed by atoms with E-state index in [1.165, 1.54) is 0 Å². The molecule has 4 heteroatoms. The molecule has 1 fully saturated rings. The zero-order valence-corrected chi connectivity index (χ0v) is 9.97. The maximum Gasteiger partial charge on any atom is 0.308 e. The molecule has 0 aromatic heterocycles. The van der Waals surface area contributed by atoms with Gasteiger partial charge in [0.2, 0.25) is 5.91 Å². The van der Waals surface area contributed by atoms with Crippen LogP contribution in [0, 0.1) is 11.8 Å². The smallest absolute Gasteiger partial charge is 0.308 e. The van der Waals surface area contributed by atoms with Gasteiger partial charge in [0.15, 0.2) is 0 Å². The van der Waals surface area contributed by atoms with E-state index in [2.05, 4.69) is 12.2 Å². The van der Waals surface area contributed by atoms with Gasteiger partial charge in [0.25, 0.3) is 0 Å². The van der Waals surface area contributed by atoms with Crippen molar-refractivity contribution < 1.29 is 14.7 Å². The molecular formula is C13H19NO3. The van der Waals surface area contributed by atoms with Gasteiger partial charge >= 0.3 is 5.97 Å². The first kappa shape index (κ1) is 12.1. The van der Waals surface area contributed by atoms with Crippen molar-refractivity contribution in [1.29, 1.82) is 0 Å². The van der Waals surface area contributed by atoms with Crippen molar-refractivity contribution in [2.45, 2.75) is 32.1 Å². The average Bonchev–Trinajstić information content (AvgIpc) is 2.39. The Morgan fingerprint density at radius 1 is 1.18 bits per heavy atom. The fourth-order valence-electron chi connectivity index (χ4n) is 2.65. The van der Waals surface area contributed by atoms with Gasteiger partial charge in [-0.2, -0.15) is 0 Å². The van der Waals surface area contributed by atoms with Gasteiger partial charge in [-0.1, -0.05) is 12.2 Å². The van der Waals surface area contributed by atoms with E-state index in [-0.39, 0.29) is 17.7 Å². The van der Waals surface area contributed by atoms with Crippen molar-refractivity contribution in [1.82, 2.24) is 4.90 Å². The molecule has 17 heavy (non-hydrogen) atoms. The first-order chi connectivity index (χ1) is 8.18. The van der Waals surface area contributed by atoms with Gasteiger partial charge < -0.3 is 10.0 Å². The second-order valence-electron chi connectivity index (χ2n) is 4.94. The average molecular weight is 237 g/mol. The Balaban J connectivity index is 1.94. The summed E-state index contributed by atoms with van der Waals surface area (Å²) in [4.78, 5) is 24.9. The number of nitrogens with zero attached hydrogens (tertiary/aromatic N) is 1. The van der Waals surface area contributed by atoms with Gasteiger partial charge in [-0.15, -0.1) is 0 Å². The lowest BCUT2D eigenvalue weighted by Crippen LogP contribution is -2.45. The minimum absolute atomic E-state index is 0.0764. The number of carboxylic acids is 1. The molecular weight excluding hydrogens is 218 g/mol. The van der Waals surface area contributed by atoms with Crippen LogP contribution in [0.2, 0.25) is 0 Å². The molecule has 0 radical (unpaired) electrons. The summed E-state index contributed by atoms with van der Waals surface area (Å²) < 4.78 is 0. The molecule has 0 bridgehead atoms. The molecule has 1 N–H and O–H groups in total. The molecule has 1 amide bonds. The molecule has 0 aromatic rings. The molecule has 2 rings (SSSR count). The Bertz CT molecular complexity index is 338. The standard InChI is InChI=1S/C13H19NO3/c15-12(10-5-2-1-3-6-10)14-8-4-7-11(9-14)13(16)17/h1-2,10-11H,3-9H2,(H,16,17)/t10?,11-/m1/s1. The number of likely N-dealkylation sites (tertiary alicyclic amines) is 1. The van der Waals surface area contributed by atoms with E-state index in [0.29, 0.717) is 13.0 Å². The highest BCUT2D eigenvalue weighted by Crippen LogP contribution is 2.24. The molecule has 1 aliphatic heterocycles. The summed E-state index contributed by atoms with van der Waals surface area (Å²) in [5, 5.41) is 9.00. The number of carbonyl (C=O) groups excluding carboxylic acids is 1. The summed E-state index contributed by atoms with van der Waals surface area (Å²) in [7, 11) is 0. The SMILES string of the molecule is O=C(O)[C@@H]1CCCN(C(=O)C2CC=CCC2)C1. The number of amides is 1. The van der Waals surface area contributed by atoms with Crippen LogP contribution in [-0.2, 0) is 9.59 Å². The van der Waals surface area contributed by atoms with Crippen molar-refractivity contribution in [2.24, 2.45) is 11.8 Å². The summed E-state index contributed by atoms with van der Waals surface area (Å²) in [6, 6.07) is 0. The van der Waals surface area contributed by atoms with Crippen molar-refractivity contribution >= 4 is 11.9 Å². The van der Waals surface area contributed by atoms with Crippen molar-refractivity contribution in [3.63, 3.8) is 0 Å². The molecule has 4 nitrogen and oxygen atoms in total. The molecule has 0 aromatic carbocycles. The Kier molecular flexibility index (Phi) is 3.82. The first-order valence-corrected chi connectivity index (χ1v) is 6.35. The largest absolute Gasteiger partial charge is 0.481 e. The van der Waals surface area contributed by atoms with E-state index < -0.39 is 5.97 Å². The molecule has 0 spiro atoms. The highest BCUT2D eigenvalue weighted by molar-refractivity contribution is 5.80. The van der Waals surface area contributed by atoms with Gasteiger partial charge in [-0.25, -0.2) is 0 Å². The van der Waals surface area contributed by atoms with Crippen molar-refractivity contribution in [3.8, 4) is 0 Å². The Hall–Kier alpha value is -1.32. The van der Waals surface area contributed by atoms with Gasteiger partial charge in [0.1, 0.15) is 0 Å². The lowest BCUT2D eigenvalue weighted by Gasteiger charge is -2.33. The number of rotatable bonds is 2. The van der Waals surface area contributed by atoms with Crippen molar-refractivity contribution in [3.05, 3.63) is 12.2 Å². The number of carboxylic acid groups (broad SMARTS) is 1. The molecule has 2 aliphatic rings. The fraction of sp³-hybridized carbons (Fsp3) is 0.692. The fourth-order valence-corrected chi connectivity index (χ4v) is 2.65. The van der Waals surface area contributed by atoms with Crippen molar-refractivity contribution in [2.75, 3.05) is 13.1 Å². The number of carbonyl (C=O) groups is 2. The molecule has 1 unspecified atom stereocenters. The monoisotopic (exact) mass is 237 g/mol. The minimum Gasteiger partial charge on any atom is -0.481 e. The third-order valence-corrected chi connectivity index (χ3v) is 3.70. The third kappa shape index (κ3) is 2.87. The molecule has 0 saturated carbocycles. The number of allylic oxidation sites excluding steroid dienone is 2. The predicted octanol–water partition coefficient (Wildman–Crippen LogP) is 1.67. The molecule has 1 saturated heterocycles. The van der Waals surface area contributed by atoms with Crippen LogP contribution in [0.25, 0.3) is 0 Å². The van der Waals surface area contributed by atoms with E-state index in [1.54, 1.807) is 4.90 Å². The van der Waals surface area contributed by atoms with Gasteiger partial charge in [-0.05, 0) is 32.1 Å². The summed E-state index contributed by atoms with van der Waals surface area (Å²) in [6.45, 7) is 1.12. The summed E-state index contributed by atoms with van der Waals surface area (Å²) in [6.07, 6.45) is 8.36. The van der Waals surface area contributed by atoms with Crippen LogP contribution in [0.5, 0.6) is 0 Å². The van der Waals surface area contributed by atoms with Crippen LogP contribution in [0.3, 0.4) is 0 Å².